The molecule has 28 heavy (non-hydrogen) atoms. The van der Waals surface area contributed by atoms with Crippen molar-refractivity contribution in [3.8, 4) is 0 Å². The summed E-state index contributed by atoms with van der Waals surface area (Å²) in [5.41, 5.74) is 0.717. The van der Waals surface area contributed by atoms with Crippen molar-refractivity contribution in [1.82, 2.24) is 4.90 Å². The van der Waals surface area contributed by atoms with Crippen molar-refractivity contribution in [3.63, 3.8) is 0 Å². The van der Waals surface area contributed by atoms with Crippen LogP contribution in [-0.4, -0.2) is 45.5 Å². The lowest BCUT2D eigenvalue weighted by atomic mass is 10.1. The number of methoxy groups -OCH3 is 1. The number of halogens is 2. The van der Waals surface area contributed by atoms with Crippen molar-refractivity contribution < 1.29 is 17.9 Å². The van der Waals surface area contributed by atoms with Crippen LogP contribution in [0.25, 0.3) is 0 Å². The number of amides is 1. The summed E-state index contributed by atoms with van der Waals surface area (Å²) < 4.78 is 33.0. The summed E-state index contributed by atoms with van der Waals surface area (Å²) in [4.78, 5) is 14.5. The topological polar surface area (TPSA) is 75.7 Å². The number of anilines is 1. The average molecular weight is 443 g/mol. The second-order valence-electron chi connectivity index (χ2n) is 6.49. The van der Waals surface area contributed by atoms with Crippen LogP contribution >= 0.6 is 23.2 Å². The van der Waals surface area contributed by atoms with Gasteiger partial charge in [0.25, 0.3) is 15.9 Å². The van der Waals surface area contributed by atoms with Crippen molar-refractivity contribution in [3.05, 3.63) is 58.1 Å². The third-order valence-corrected chi connectivity index (χ3v) is 6.74. The minimum absolute atomic E-state index is 0.0136. The Kier molecular flexibility index (Phi) is 6.50. The number of nitrogens with one attached hydrogen (secondary N) is 1. The van der Waals surface area contributed by atoms with Crippen LogP contribution in [0.5, 0.6) is 0 Å². The lowest BCUT2D eigenvalue weighted by molar-refractivity contribution is 0.0351. The Bertz CT molecular complexity index is 974. The van der Waals surface area contributed by atoms with Crippen molar-refractivity contribution in [2.75, 3.05) is 24.9 Å². The van der Waals surface area contributed by atoms with Gasteiger partial charge in [-0.15, -0.1) is 0 Å². The lowest BCUT2D eigenvalue weighted by Gasteiger charge is -2.31. The number of piperidine rings is 1. The molecule has 0 bridgehead atoms. The number of nitrogens with zero attached hydrogens (tertiary/aromatic N) is 1. The molecule has 6 nitrogen and oxygen atoms in total. The fourth-order valence-electron chi connectivity index (χ4n) is 3.05. The van der Waals surface area contributed by atoms with Crippen molar-refractivity contribution in [2.24, 2.45) is 0 Å². The molecule has 1 N–H and O–H groups in total. The molecule has 9 heteroatoms. The molecule has 1 aliphatic rings. The Hall–Kier alpha value is -1.80. The molecule has 0 unspecified atom stereocenters. The van der Waals surface area contributed by atoms with E-state index in [1.165, 1.54) is 24.3 Å². The van der Waals surface area contributed by atoms with Crippen molar-refractivity contribution in [2.45, 2.75) is 23.8 Å². The highest BCUT2D eigenvalue weighted by Crippen LogP contribution is 2.26. The molecule has 0 spiro atoms. The number of carbonyl (C=O) groups excluding carboxylic acids is 1. The largest absolute Gasteiger partial charge is 0.381 e. The first-order valence-corrected chi connectivity index (χ1v) is 10.9. The van der Waals surface area contributed by atoms with Crippen LogP contribution in [0, 0.1) is 0 Å². The smallest absolute Gasteiger partial charge is 0.261 e. The van der Waals surface area contributed by atoms with E-state index in [0.29, 0.717) is 24.3 Å². The summed E-state index contributed by atoms with van der Waals surface area (Å²) in [6.45, 7) is 1.22. The molecule has 2 aromatic carbocycles. The molecule has 2 aromatic rings. The zero-order chi connectivity index (χ0) is 20.3. The van der Waals surface area contributed by atoms with Gasteiger partial charge in [0.15, 0.2) is 0 Å². The minimum atomic E-state index is -3.87. The Morgan fingerprint density at radius 3 is 2.46 bits per heavy atom. The summed E-state index contributed by atoms with van der Waals surface area (Å²) in [6.07, 6.45) is 1.74. The van der Waals surface area contributed by atoms with E-state index in [1.807, 2.05) is 0 Å². The van der Waals surface area contributed by atoms with Gasteiger partial charge in [-0.2, -0.15) is 0 Å². The van der Waals surface area contributed by atoms with Gasteiger partial charge < -0.3 is 9.64 Å². The van der Waals surface area contributed by atoms with Gasteiger partial charge in [-0.25, -0.2) is 8.42 Å². The van der Waals surface area contributed by atoms with Gasteiger partial charge in [-0.3, -0.25) is 9.52 Å². The summed E-state index contributed by atoms with van der Waals surface area (Å²) in [7, 11) is -2.19. The van der Waals surface area contributed by atoms with Gasteiger partial charge in [-0.1, -0.05) is 29.3 Å². The zero-order valence-electron chi connectivity index (χ0n) is 15.2. The van der Waals surface area contributed by atoms with Crippen LogP contribution in [-0.2, 0) is 14.8 Å². The maximum Gasteiger partial charge on any atom is 0.261 e. The third-order valence-electron chi connectivity index (χ3n) is 4.63. The Balaban J connectivity index is 1.76. The van der Waals surface area contributed by atoms with Gasteiger partial charge >= 0.3 is 0 Å². The Morgan fingerprint density at radius 2 is 1.82 bits per heavy atom. The molecule has 1 aliphatic heterocycles. The monoisotopic (exact) mass is 442 g/mol. The molecule has 0 radical (unpaired) electrons. The maximum absolute atomic E-state index is 12.7. The maximum atomic E-state index is 12.7. The highest BCUT2D eigenvalue weighted by atomic mass is 35.5. The lowest BCUT2D eigenvalue weighted by Crippen LogP contribution is -2.40. The second-order valence-corrected chi connectivity index (χ2v) is 8.99. The normalized spacial score (nSPS) is 15.5. The fraction of sp³-hybridized carbons (Fsp3) is 0.316. The molecular weight excluding hydrogens is 423 g/mol. The number of benzene rings is 2. The molecule has 1 saturated heterocycles. The molecule has 150 valence electrons. The average Bonchev–Trinajstić information content (AvgIpc) is 2.69. The zero-order valence-corrected chi connectivity index (χ0v) is 17.5. The van der Waals surface area contributed by atoms with Gasteiger partial charge in [0.2, 0.25) is 0 Å². The Labute approximate surface area is 174 Å². The number of ether oxygens (including phenoxy) is 1. The number of hydrogen-bond acceptors (Lipinski definition) is 4. The molecular formula is C19H20Cl2N2O4S. The first kappa shape index (κ1) is 20.9. The van der Waals surface area contributed by atoms with E-state index in [9.17, 15) is 13.2 Å². The summed E-state index contributed by atoms with van der Waals surface area (Å²) in [6, 6.07) is 10.5. The number of carbonyl (C=O) groups is 1. The van der Waals surface area contributed by atoms with Gasteiger partial charge in [0.05, 0.1) is 21.0 Å². The van der Waals surface area contributed by atoms with Crippen LogP contribution in [0.4, 0.5) is 5.69 Å². The quantitative estimate of drug-likeness (QED) is 0.757. The molecule has 0 aromatic heterocycles. The van der Waals surface area contributed by atoms with Crippen molar-refractivity contribution in [1.29, 1.82) is 0 Å². The minimum Gasteiger partial charge on any atom is -0.381 e. The van der Waals surface area contributed by atoms with Gasteiger partial charge in [0.1, 0.15) is 0 Å². The molecule has 1 fully saturated rings. The third kappa shape index (κ3) is 4.78. The number of sulfonamides is 1. The number of likely N-dealkylation sites (tertiary alicyclic amines) is 1. The standard InChI is InChI=1S/C19H20Cl2N2O4S/c1-27-15-7-9-23(10-8-15)19(24)13-3-2-4-14(11-13)22-28(25,26)16-5-6-17(20)18(21)12-16/h2-6,11-12,15,22H,7-10H2,1H3. The van der Waals surface area contributed by atoms with E-state index in [4.69, 9.17) is 27.9 Å². The van der Waals surface area contributed by atoms with Gasteiger partial charge in [-0.05, 0) is 49.2 Å². The summed E-state index contributed by atoms with van der Waals surface area (Å²) in [5, 5.41) is 0.415. The van der Waals surface area contributed by atoms with E-state index in [0.717, 1.165) is 12.8 Å². The van der Waals surface area contributed by atoms with Crippen LogP contribution < -0.4 is 4.72 Å². The second kappa shape index (κ2) is 8.69. The van der Waals surface area contributed by atoms with Crippen LogP contribution in [0.1, 0.15) is 23.2 Å². The number of rotatable bonds is 5. The Morgan fingerprint density at radius 1 is 1.11 bits per heavy atom. The summed E-state index contributed by atoms with van der Waals surface area (Å²) >= 11 is 11.8. The molecule has 1 amide bonds. The first-order chi connectivity index (χ1) is 13.3. The van der Waals surface area contributed by atoms with E-state index >= 15 is 0 Å². The van der Waals surface area contributed by atoms with Crippen molar-refractivity contribution >= 4 is 44.8 Å². The molecule has 0 atom stereocenters. The van der Waals surface area contributed by atoms with Crippen LogP contribution in [0.3, 0.4) is 0 Å². The van der Waals surface area contributed by atoms with E-state index in [-0.39, 0.29) is 27.0 Å². The van der Waals surface area contributed by atoms with Gasteiger partial charge in [0, 0.05) is 31.5 Å². The first-order valence-electron chi connectivity index (χ1n) is 8.70. The van der Waals surface area contributed by atoms with Crippen LogP contribution in [0.15, 0.2) is 47.4 Å². The highest BCUT2D eigenvalue weighted by Gasteiger charge is 2.24. The molecule has 0 aliphatic carbocycles. The fourth-order valence-corrected chi connectivity index (χ4v) is 4.49. The molecule has 3 rings (SSSR count). The SMILES string of the molecule is COC1CCN(C(=O)c2cccc(NS(=O)(=O)c3ccc(Cl)c(Cl)c3)c2)CC1. The summed E-state index contributed by atoms with van der Waals surface area (Å²) in [5.74, 6) is -0.134. The number of hydrogen-bond donors (Lipinski definition) is 1. The molecule has 0 saturated carbocycles. The predicted octanol–water partition coefficient (Wildman–Crippen LogP) is 4.05. The van der Waals surface area contributed by atoms with E-state index < -0.39 is 10.0 Å². The van der Waals surface area contributed by atoms with E-state index in [1.54, 1.807) is 30.2 Å². The predicted molar refractivity (Wildman–Crippen MR) is 110 cm³/mol. The van der Waals surface area contributed by atoms with E-state index in [2.05, 4.69) is 4.72 Å². The molecule has 1 heterocycles. The van der Waals surface area contributed by atoms with Crippen LogP contribution in [0.2, 0.25) is 10.0 Å². The highest BCUT2D eigenvalue weighted by molar-refractivity contribution is 7.92.